The van der Waals surface area contributed by atoms with Crippen molar-refractivity contribution >= 4 is 32.9 Å². The molecule has 12 heteroatoms. The number of carbonyl (C=O) groups is 2. The Morgan fingerprint density at radius 2 is 1.77 bits per heavy atom. The molecule has 4 unspecified atom stereocenters. The summed E-state index contributed by atoms with van der Waals surface area (Å²) in [5, 5.41) is 1.08. The Hall–Kier alpha value is -3.45. The van der Waals surface area contributed by atoms with E-state index in [9.17, 15) is 18.0 Å². The molecule has 0 spiro atoms. The smallest absolute Gasteiger partial charge is 0.303 e. The molecule has 2 aliphatic carbocycles. The predicted octanol–water partition coefficient (Wildman–Crippen LogP) is 3.80. The molecule has 2 bridgehead atoms. The van der Waals surface area contributed by atoms with Crippen molar-refractivity contribution in [1.82, 2.24) is 28.3 Å². The summed E-state index contributed by atoms with van der Waals surface area (Å²) in [7, 11) is 4.80. The number of amides is 2. The highest BCUT2D eigenvalue weighted by Gasteiger charge is 2.64. The molecular weight excluding hydrogens is 629 g/mol. The number of ether oxygens (including phenoxy) is 1. The Labute approximate surface area is 283 Å². The van der Waals surface area contributed by atoms with Crippen molar-refractivity contribution in [2.24, 2.45) is 5.41 Å². The molecule has 256 valence electrons. The summed E-state index contributed by atoms with van der Waals surface area (Å²) >= 11 is 0. The largest absolute Gasteiger partial charge is 0.497 e. The van der Waals surface area contributed by atoms with Gasteiger partial charge in [-0.1, -0.05) is 25.3 Å². The van der Waals surface area contributed by atoms with E-state index in [2.05, 4.69) is 50.2 Å². The number of piperazine rings is 1. The average molecular weight is 675 g/mol. The number of carbonyl (C=O) groups excluding carboxylic acids is 2. The summed E-state index contributed by atoms with van der Waals surface area (Å²) in [5.41, 5.74) is 5.23. The van der Waals surface area contributed by atoms with E-state index in [0.29, 0.717) is 31.6 Å². The molecule has 4 heterocycles. The van der Waals surface area contributed by atoms with Crippen LogP contribution in [0.25, 0.3) is 22.2 Å². The molecule has 5 aliphatic rings. The van der Waals surface area contributed by atoms with Gasteiger partial charge in [-0.15, -0.1) is 0 Å². The molecule has 48 heavy (non-hydrogen) atoms. The summed E-state index contributed by atoms with van der Waals surface area (Å²) in [6.45, 7) is 2.85. The maximum Gasteiger partial charge on any atom is 0.303 e. The lowest BCUT2D eigenvalue weighted by molar-refractivity contribution is -0.141. The molecule has 2 saturated carbocycles. The average Bonchev–Trinajstić information content (AvgIpc) is 3.71. The molecule has 4 atom stereocenters. The van der Waals surface area contributed by atoms with E-state index in [1.54, 1.807) is 13.2 Å². The lowest BCUT2D eigenvalue weighted by Crippen LogP contribution is -2.57. The molecule has 2 saturated heterocycles. The third-order valence-corrected chi connectivity index (χ3v) is 13.5. The molecule has 1 aromatic heterocycles. The number of likely N-dealkylation sites (N-methyl/N-ethyl adjacent to an activating group) is 2. The van der Waals surface area contributed by atoms with Crippen LogP contribution >= 0.6 is 0 Å². The molecule has 1 N–H and O–H groups in total. The van der Waals surface area contributed by atoms with Gasteiger partial charge in [0.25, 0.3) is 5.91 Å². The maximum absolute atomic E-state index is 14.9. The van der Waals surface area contributed by atoms with Crippen molar-refractivity contribution < 1.29 is 22.7 Å². The number of hydrogen-bond donors (Lipinski definition) is 1. The zero-order chi connectivity index (χ0) is 33.7. The van der Waals surface area contributed by atoms with Crippen LogP contribution in [0.15, 0.2) is 36.4 Å². The first-order chi connectivity index (χ1) is 22.9. The molecule has 11 nitrogen and oxygen atoms in total. The summed E-state index contributed by atoms with van der Waals surface area (Å²) in [4.78, 5) is 35.2. The summed E-state index contributed by atoms with van der Waals surface area (Å²) in [5.74, 6) is 0.721. The van der Waals surface area contributed by atoms with Crippen LogP contribution < -0.4 is 9.46 Å². The summed E-state index contributed by atoms with van der Waals surface area (Å²) in [6, 6.07) is 12.2. The van der Waals surface area contributed by atoms with Gasteiger partial charge in [0.05, 0.1) is 24.4 Å². The van der Waals surface area contributed by atoms with Gasteiger partial charge in [0.1, 0.15) is 5.75 Å². The highest BCUT2D eigenvalue weighted by Crippen LogP contribution is 2.66. The molecular formula is C36H46N6O5S. The third kappa shape index (κ3) is 4.81. The van der Waals surface area contributed by atoms with Crippen molar-refractivity contribution in [3.05, 3.63) is 53.1 Å². The number of nitrogens with zero attached hydrogens (tertiary/aromatic N) is 5. The number of methoxy groups -OCH3 is 1. The zero-order valence-electron chi connectivity index (χ0n) is 28.5. The topological polar surface area (TPSA) is 107 Å². The lowest BCUT2D eigenvalue weighted by atomic mass is 9.81. The van der Waals surface area contributed by atoms with E-state index >= 15 is 0 Å². The minimum atomic E-state index is -3.97. The first kappa shape index (κ1) is 31.8. The Kier molecular flexibility index (Phi) is 7.48. The first-order valence-electron chi connectivity index (χ1n) is 17.2. The minimum Gasteiger partial charge on any atom is -0.497 e. The van der Waals surface area contributed by atoms with E-state index in [4.69, 9.17) is 4.74 Å². The van der Waals surface area contributed by atoms with Crippen LogP contribution in [0.4, 0.5) is 0 Å². The highest BCUT2D eigenvalue weighted by atomic mass is 32.2. The van der Waals surface area contributed by atoms with Gasteiger partial charge >= 0.3 is 10.2 Å². The third-order valence-electron chi connectivity index (χ3n) is 12.1. The highest BCUT2D eigenvalue weighted by molar-refractivity contribution is 7.87. The van der Waals surface area contributed by atoms with E-state index in [0.717, 1.165) is 63.6 Å². The molecule has 0 radical (unpaired) electrons. The van der Waals surface area contributed by atoms with Crippen LogP contribution in [0.2, 0.25) is 0 Å². The molecule has 2 amide bonds. The molecule has 3 aromatic rings. The zero-order valence-corrected chi connectivity index (χ0v) is 29.3. The Balaban J connectivity index is 1.30. The molecule has 4 fully saturated rings. The van der Waals surface area contributed by atoms with Crippen LogP contribution in [0.5, 0.6) is 5.75 Å². The second-order valence-electron chi connectivity index (χ2n) is 14.9. The van der Waals surface area contributed by atoms with Gasteiger partial charge in [-0.2, -0.15) is 12.7 Å². The Morgan fingerprint density at radius 3 is 2.48 bits per heavy atom. The van der Waals surface area contributed by atoms with E-state index in [-0.39, 0.29) is 23.6 Å². The van der Waals surface area contributed by atoms with E-state index < -0.39 is 21.5 Å². The van der Waals surface area contributed by atoms with Gasteiger partial charge in [-0.3, -0.25) is 19.4 Å². The summed E-state index contributed by atoms with van der Waals surface area (Å²) < 4.78 is 36.4. The fraction of sp³-hybridized carbons (Fsp3) is 0.556. The fourth-order valence-electron chi connectivity index (χ4n) is 9.29. The van der Waals surface area contributed by atoms with Crippen LogP contribution in [-0.4, -0.2) is 111 Å². The lowest BCUT2D eigenvalue weighted by Gasteiger charge is -2.40. The number of rotatable bonds is 6. The van der Waals surface area contributed by atoms with Crippen LogP contribution in [0.3, 0.4) is 0 Å². The van der Waals surface area contributed by atoms with Crippen LogP contribution in [-0.2, 0) is 21.5 Å². The van der Waals surface area contributed by atoms with Crippen LogP contribution in [0, 0.1) is 5.41 Å². The minimum absolute atomic E-state index is 0.0519. The van der Waals surface area contributed by atoms with Gasteiger partial charge < -0.3 is 14.2 Å². The van der Waals surface area contributed by atoms with Crippen LogP contribution in [0.1, 0.15) is 71.8 Å². The van der Waals surface area contributed by atoms with Gasteiger partial charge in [0, 0.05) is 74.3 Å². The number of fused-ring (bicyclic) bond motifs is 9. The van der Waals surface area contributed by atoms with Gasteiger partial charge in [0.15, 0.2) is 0 Å². The predicted molar refractivity (Wildman–Crippen MR) is 184 cm³/mol. The van der Waals surface area contributed by atoms with Crippen molar-refractivity contribution in [2.75, 3.05) is 54.9 Å². The Morgan fingerprint density at radius 1 is 1.00 bits per heavy atom. The van der Waals surface area contributed by atoms with Crippen molar-refractivity contribution in [3.8, 4) is 17.0 Å². The SMILES string of the molecule is COc1ccc2c(c1)C1CC1(C(=O)N1CC3CN(C)C(C1)N3C)Cn1c-2c(C2CCCCC2)c2ccc(C(=O)NS(=O)(=O)N(C)C)cc21. The Bertz CT molecular complexity index is 1930. The normalized spacial score (nSPS) is 27.4. The van der Waals surface area contributed by atoms with Gasteiger partial charge in [-0.05, 0) is 80.7 Å². The molecule has 3 aliphatic heterocycles. The summed E-state index contributed by atoms with van der Waals surface area (Å²) in [6.07, 6.45) is 6.70. The standard InChI is InChI=1S/C36H46N6O5S/c1-38(2)48(45,46)37-34(43)23-11-13-27-30(15-23)42-21-36(35(44)41-19-24-18-39(3)31(20-41)40(24)4)17-29(36)28-16-25(47-5)12-14-26(28)33(42)32(27)22-9-7-6-8-10-22/h11-16,22,24,29,31H,6-10,17-21H2,1-5H3,(H,37,43). The number of aromatic nitrogens is 1. The number of benzene rings is 2. The fourth-order valence-corrected chi connectivity index (χ4v) is 9.82. The maximum atomic E-state index is 14.9. The molecule has 2 aromatic carbocycles. The van der Waals surface area contributed by atoms with Crippen molar-refractivity contribution in [2.45, 2.75) is 69.1 Å². The molecule has 8 rings (SSSR count). The first-order valence-corrected chi connectivity index (χ1v) is 18.7. The van der Waals surface area contributed by atoms with Gasteiger partial charge in [0.2, 0.25) is 5.91 Å². The van der Waals surface area contributed by atoms with E-state index in [1.165, 1.54) is 38.9 Å². The number of nitrogens with one attached hydrogen (secondary N) is 1. The second-order valence-corrected chi connectivity index (χ2v) is 16.8. The second kappa shape index (κ2) is 11.3. The van der Waals surface area contributed by atoms with Gasteiger partial charge in [-0.25, -0.2) is 4.72 Å². The quantitative estimate of drug-likeness (QED) is 0.424. The van der Waals surface area contributed by atoms with E-state index in [1.807, 2.05) is 18.2 Å². The monoisotopic (exact) mass is 674 g/mol. The van der Waals surface area contributed by atoms with Crippen molar-refractivity contribution in [3.63, 3.8) is 0 Å². The van der Waals surface area contributed by atoms with Crippen molar-refractivity contribution in [1.29, 1.82) is 0 Å². The number of hydrogen-bond acceptors (Lipinski definition) is 7.